The van der Waals surface area contributed by atoms with Crippen molar-refractivity contribution >= 4 is 6.09 Å². The van der Waals surface area contributed by atoms with Gasteiger partial charge in [-0.15, -0.1) is 0 Å². The van der Waals surface area contributed by atoms with E-state index in [0.717, 1.165) is 5.57 Å². The molecule has 0 heterocycles. The molecule has 0 aromatic heterocycles. The van der Waals surface area contributed by atoms with Crippen LogP contribution in [-0.2, 0) is 4.74 Å². The third-order valence-electron chi connectivity index (χ3n) is 1.35. The minimum Gasteiger partial charge on any atom is -0.444 e. The summed E-state index contributed by atoms with van der Waals surface area (Å²) in [6.45, 7) is 9.48. The number of aliphatic hydroxyl groups excluding tert-OH is 1. The molecule has 0 aliphatic heterocycles. The number of rotatable bonds is 4. The molecule has 1 amide bonds. The highest BCUT2D eigenvalue weighted by molar-refractivity contribution is 5.67. The Hall–Kier alpha value is -1.03. The summed E-state index contributed by atoms with van der Waals surface area (Å²) in [5, 5.41) is 11.1. The van der Waals surface area contributed by atoms with E-state index in [9.17, 15) is 4.79 Å². The second-order valence-corrected chi connectivity index (χ2v) is 4.08. The smallest absolute Gasteiger partial charge is 0.407 e. The van der Waals surface area contributed by atoms with Gasteiger partial charge in [0.2, 0.25) is 0 Å². The van der Waals surface area contributed by atoms with Crippen LogP contribution in [0, 0.1) is 0 Å². The number of carbonyl (C=O) groups excluding carboxylic acids is 1. The number of aliphatic hydroxyl groups is 1. The summed E-state index contributed by atoms with van der Waals surface area (Å²) >= 11 is 0. The summed E-state index contributed by atoms with van der Waals surface area (Å²) in [6, 6.07) is 0. The molecule has 4 heteroatoms. The molecule has 0 rings (SSSR count). The number of hydrogen-bond donors (Lipinski definition) is 2. The quantitative estimate of drug-likeness (QED) is 0.677. The first-order chi connectivity index (χ1) is 6.35. The van der Waals surface area contributed by atoms with Crippen LogP contribution in [0.5, 0.6) is 0 Å². The molecule has 0 atom stereocenters. The van der Waals surface area contributed by atoms with Crippen molar-refractivity contribution < 1.29 is 14.6 Å². The molecule has 0 aromatic rings. The molecule has 0 saturated heterocycles. The lowest BCUT2D eigenvalue weighted by Crippen LogP contribution is -2.33. The van der Waals surface area contributed by atoms with Gasteiger partial charge in [0.1, 0.15) is 5.60 Å². The Balaban J connectivity index is 3.70. The van der Waals surface area contributed by atoms with Crippen molar-refractivity contribution in [2.24, 2.45) is 0 Å². The van der Waals surface area contributed by atoms with E-state index in [2.05, 4.69) is 11.9 Å². The van der Waals surface area contributed by atoms with E-state index in [0.29, 0.717) is 13.0 Å². The van der Waals surface area contributed by atoms with Crippen LogP contribution >= 0.6 is 0 Å². The van der Waals surface area contributed by atoms with Crippen molar-refractivity contribution in [3.63, 3.8) is 0 Å². The topological polar surface area (TPSA) is 58.6 Å². The van der Waals surface area contributed by atoms with Gasteiger partial charge in [0.05, 0.1) is 0 Å². The van der Waals surface area contributed by atoms with Crippen molar-refractivity contribution in [1.82, 2.24) is 5.32 Å². The van der Waals surface area contributed by atoms with Gasteiger partial charge in [0.15, 0.2) is 0 Å². The fourth-order valence-corrected chi connectivity index (χ4v) is 0.758. The minimum absolute atomic E-state index is 0.0504. The van der Waals surface area contributed by atoms with Crippen molar-refractivity contribution in [2.75, 3.05) is 13.2 Å². The molecule has 0 spiro atoms. The molecular formula is C10H19NO3. The van der Waals surface area contributed by atoms with E-state index < -0.39 is 11.7 Å². The highest BCUT2D eigenvalue weighted by Gasteiger charge is 2.15. The van der Waals surface area contributed by atoms with E-state index in [-0.39, 0.29) is 6.61 Å². The Morgan fingerprint density at radius 3 is 2.50 bits per heavy atom. The van der Waals surface area contributed by atoms with Crippen molar-refractivity contribution in [3.05, 3.63) is 12.2 Å². The van der Waals surface area contributed by atoms with Crippen LogP contribution in [-0.4, -0.2) is 30.0 Å². The van der Waals surface area contributed by atoms with Crippen LogP contribution in [0.2, 0.25) is 0 Å². The van der Waals surface area contributed by atoms with Gasteiger partial charge in [-0.3, -0.25) is 0 Å². The monoisotopic (exact) mass is 201 g/mol. The molecule has 0 aliphatic rings. The van der Waals surface area contributed by atoms with E-state index in [4.69, 9.17) is 9.84 Å². The Labute approximate surface area is 85.0 Å². The van der Waals surface area contributed by atoms with Gasteiger partial charge in [0, 0.05) is 13.2 Å². The standard InChI is InChI=1S/C10H19NO3/c1-8(5-6-12)7-11-9(13)14-10(2,3)4/h12H,1,5-7H2,2-4H3,(H,11,13). The lowest BCUT2D eigenvalue weighted by molar-refractivity contribution is 0.0532. The number of hydrogen-bond acceptors (Lipinski definition) is 3. The van der Waals surface area contributed by atoms with Crippen LogP contribution in [0.25, 0.3) is 0 Å². The fourth-order valence-electron chi connectivity index (χ4n) is 0.758. The van der Waals surface area contributed by atoms with E-state index in [1.165, 1.54) is 0 Å². The summed E-state index contributed by atoms with van der Waals surface area (Å²) in [7, 11) is 0. The van der Waals surface area contributed by atoms with Gasteiger partial charge in [-0.05, 0) is 27.2 Å². The average Bonchev–Trinajstić information content (AvgIpc) is 1.98. The van der Waals surface area contributed by atoms with Gasteiger partial charge in [-0.2, -0.15) is 0 Å². The van der Waals surface area contributed by atoms with Crippen LogP contribution in [0.1, 0.15) is 27.2 Å². The van der Waals surface area contributed by atoms with Gasteiger partial charge >= 0.3 is 6.09 Å². The SMILES string of the molecule is C=C(CCO)CNC(=O)OC(C)(C)C. The molecule has 0 unspecified atom stereocenters. The van der Waals surface area contributed by atoms with Gasteiger partial charge < -0.3 is 15.2 Å². The zero-order chi connectivity index (χ0) is 11.2. The summed E-state index contributed by atoms with van der Waals surface area (Å²) in [6.07, 6.45) is 0.0343. The van der Waals surface area contributed by atoms with Gasteiger partial charge in [-0.25, -0.2) is 4.79 Å². The van der Waals surface area contributed by atoms with E-state index >= 15 is 0 Å². The Bertz CT molecular complexity index is 206. The fraction of sp³-hybridized carbons (Fsp3) is 0.700. The normalized spacial score (nSPS) is 10.9. The predicted octanol–water partition coefficient (Wildman–Crippen LogP) is 1.45. The maximum absolute atomic E-state index is 11.1. The Morgan fingerprint density at radius 1 is 1.50 bits per heavy atom. The first kappa shape index (κ1) is 13.0. The highest BCUT2D eigenvalue weighted by Crippen LogP contribution is 2.06. The number of ether oxygens (including phenoxy) is 1. The molecule has 4 nitrogen and oxygen atoms in total. The molecular weight excluding hydrogens is 182 g/mol. The zero-order valence-corrected chi connectivity index (χ0v) is 9.09. The largest absolute Gasteiger partial charge is 0.444 e. The first-order valence-electron chi connectivity index (χ1n) is 4.59. The average molecular weight is 201 g/mol. The van der Waals surface area contributed by atoms with Crippen molar-refractivity contribution in [1.29, 1.82) is 0 Å². The zero-order valence-electron chi connectivity index (χ0n) is 9.09. The molecule has 0 aromatic carbocycles. The highest BCUT2D eigenvalue weighted by atomic mass is 16.6. The molecule has 0 radical (unpaired) electrons. The Morgan fingerprint density at radius 2 is 2.07 bits per heavy atom. The third kappa shape index (κ3) is 7.61. The van der Waals surface area contributed by atoms with Crippen molar-refractivity contribution in [3.8, 4) is 0 Å². The molecule has 82 valence electrons. The minimum atomic E-state index is -0.484. The van der Waals surface area contributed by atoms with Crippen LogP contribution in [0.3, 0.4) is 0 Å². The van der Waals surface area contributed by atoms with Crippen molar-refractivity contribution in [2.45, 2.75) is 32.8 Å². The summed E-state index contributed by atoms with van der Waals surface area (Å²) < 4.78 is 5.01. The lowest BCUT2D eigenvalue weighted by atomic mass is 10.2. The summed E-state index contributed by atoms with van der Waals surface area (Å²) in [5.74, 6) is 0. The van der Waals surface area contributed by atoms with Crippen LogP contribution in [0.15, 0.2) is 12.2 Å². The molecule has 0 fully saturated rings. The molecule has 0 aliphatic carbocycles. The molecule has 2 N–H and O–H groups in total. The first-order valence-corrected chi connectivity index (χ1v) is 4.59. The summed E-state index contributed by atoms with van der Waals surface area (Å²) in [5.41, 5.74) is 0.293. The predicted molar refractivity (Wildman–Crippen MR) is 55.1 cm³/mol. The number of nitrogens with one attached hydrogen (secondary N) is 1. The van der Waals surface area contributed by atoms with Crippen LogP contribution in [0.4, 0.5) is 4.79 Å². The molecule has 0 bridgehead atoms. The lowest BCUT2D eigenvalue weighted by Gasteiger charge is -2.19. The second kappa shape index (κ2) is 5.65. The van der Waals surface area contributed by atoms with E-state index in [1.807, 2.05) is 0 Å². The van der Waals surface area contributed by atoms with Gasteiger partial charge in [0.25, 0.3) is 0 Å². The molecule has 0 saturated carbocycles. The number of carbonyl (C=O) groups is 1. The van der Waals surface area contributed by atoms with Crippen LogP contribution < -0.4 is 5.32 Å². The number of alkyl carbamates (subject to hydrolysis) is 1. The Kier molecular flexibility index (Phi) is 5.23. The second-order valence-electron chi connectivity index (χ2n) is 4.08. The van der Waals surface area contributed by atoms with E-state index in [1.54, 1.807) is 20.8 Å². The third-order valence-corrected chi connectivity index (χ3v) is 1.35. The van der Waals surface area contributed by atoms with Gasteiger partial charge in [-0.1, -0.05) is 12.2 Å². The summed E-state index contributed by atoms with van der Waals surface area (Å²) in [4.78, 5) is 11.1. The number of amides is 1. The maximum Gasteiger partial charge on any atom is 0.407 e. The maximum atomic E-state index is 11.1. The molecule has 14 heavy (non-hydrogen) atoms.